The lowest BCUT2D eigenvalue weighted by Gasteiger charge is -2.16. The summed E-state index contributed by atoms with van der Waals surface area (Å²) in [5.74, 6) is -0.159. The summed E-state index contributed by atoms with van der Waals surface area (Å²) in [5, 5.41) is 9.95. The van der Waals surface area contributed by atoms with Gasteiger partial charge in [0.25, 0.3) is 0 Å². The Balaban J connectivity index is 2.10. The third kappa shape index (κ3) is 6.15. The van der Waals surface area contributed by atoms with E-state index in [1.165, 1.54) is 0 Å². The van der Waals surface area contributed by atoms with E-state index in [0.29, 0.717) is 13.0 Å². The number of rotatable bonds is 7. The van der Waals surface area contributed by atoms with Crippen LogP contribution in [0, 0.1) is 5.41 Å². The fourth-order valence-electron chi connectivity index (χ4n) is 1.74. The lowest BCUT2D eigenvalue weighted by Crippen LogP contribution is -2.23. The minimum absolute atomic E-state index is 0.159. The third-order valence-corrected chi connectivity index (χ3v) is 3.04. The Morgan fingerprint density at radius 1 is 1.35 bits per heavy atom. The van der Waals surface area contributed by atoms with Gasteiger partial charge in [-0.3, -0.25) is 9.78 Å². The van der Waals surface area contributed by atoms with Crippen molar-refractivity contribution in [2.24, 2.45) is 5.41 Å². The number of unbranched alkanes of at least 4 members (excludes halogenated alkanes) is 2. The summed E-state index contributed by atoms with van der Waals surface area (Å²) in [5.41, 5.74) is 0.419. The van der Waals surface area contributed by atoms with Crippen LogP contribution in [-0.4, -0.2) is 22.7 Å². The Bertz CT molecular complexity index is 398. The molecule has 0 saturated heterocycles. The predicted octanol–water partition coefficient (Wildman–Crippen LogP) is 3.26. The molecule has 112 valence electrons. The SMILES string of the molecule is CC(C)(C)C(=O)OCCCCC[C@H](O)c1cccnc1. The molecule has 4 heteroatoms. The van der Waals surface area contributed by atoms with Gasteiger partial charge in [-0.25, -0.2) is 0 Å². The molecule has 1 heterocycles. The third-order valence-electron chi connectivity index (χ3n) is 3.04. The van der Waals surface area contributed by atoms with Gasteiger partial charge in [0.2, 0.25) is 0 Å². The van der Waals surface area contributed by atoms with Gasteiger partial charge in [-0.1, -0.05) is 12.5 Å². The molecule has 4 nitrogen and oxygen atoms in total. The van der Waals surface area contributed by atoms with Crippen molar-refractivity contribution >= 4 is 5.97 Å². The monoisotopic (exact) mass is 279 g/mol. The number of aliphatic hydroxyl groups is 1. The molecule has 0 radical (unpaired) electrons. The second-order valence-corrected chi connectivity index (χ2v) is 6.04. The number of hydrogen-bond donors (Lipinski definition) is 1. The molecule has 0 aliphatic carbocycles. The molecule has 0 aliphatic heterocycles. The molecule has 20 heavy (non-hydrogen) atoms. The molecule has 1 atom stereocenters. The maximum absolute atomic E-state index is 11.5. The smallest absolute Gasteiger partial charge is 0.311 e. The number of carbonyl (C=O) groups excluding carboxylic acids is 1. The van der Waals surface area contributed by atoms with Gasteiger partial charge < -0.3 is 9.84 Å². The Labute approximate surface area is 121 Å². The van der Waals surface area contributed by atoms with Gasteiger partial charge >= 0.3 is 5.97 Å². The Morgan fingerprint density at radius 3 is 2.70 bits per heavy atom. The highest BCUT2D eigenvalue weighted by molar-refractivity contribution is 5.75. The molecule has 0 saturated carbocycles. The molecular formula is C16H25NO3. The predicted molar refractivity (Wildman–Crippen MR) is 78.1 cm³/mol. The molecule has 1 aromatic heterocycles. The first-order valence-electron chi connectivity index (χ1n) is 7.16. The summed E-state index contributed by atoms with van der Waals surface area (Å²) in [7, 11) is 0. The Morgan fingerprint density at radius 2 is 2.10 bits per heavy atom. The molecule has 0 amide bonds. The van der Waals surface area contributed by atoms with Gasteiger partial charge in [-0.2, -0.15) is 0 Å². The van der Waals surface area contributed by atoms with E-state index in [-0.39, 0.29) is 5.97 Å². The molecule has 0 aliphatic rings. The lowest BCUT2D eigenvalue weighted by molar-refractivity contribution is -0.153. The van der Waals surface area contributed by atoms with Gasteiger partial charge in [-0.05, 0) is 51.7 Å². The first kappa shape index (κ1) is 16.6. The average Bonchev–Trinajstić information content (AvgIpc) is 2.42. The van der Waals surface area contributed by atoms with Crippen LogP contribution < -0.4 is 0 Å². The molecule has 0 aromatic carbocycles. The van der Waals surface area contributed by atoms with Gasteiger partial charge in [0, 0.05) is 12.4 Å². The summed E-state index contributed by atoms with van der Waals surface area (Å²) in [6.45, 7) is 6.00. The zero-order chi connectivity index (χ0) is 15.0. The fourth-order valence-corrected chi connectivity index (χ4v) is 1.74. The van der Waals surface area contributed by atoms with E-state index >= 15 is 0 Å². The molecule has 1 rings (SSSR count). The summed E-state index contributed by atoms with van der Waals surface area (Å²) >= 11 is 0. The van der Waals surface area contributed by atoms with Gasteiger partial charge in [-0.15, -0.1) is 0 Å². The van der Waals surface area contributed by atoms with Gasteiger partial charge in [0.1, 0.15) is 0 Å². The maximum atomic E-state index is 11.5. The van der Waals surface area contributed by atoms with Crippen molar-refractivity contribution in [1.29, 1.82) is 0 Å². The topological polar surface area (TPSA) is 59.4 Å². The number of pyridine rings is 1. The lowest BCUT2D eigenvalue weighted by atomic mass is 9.97. The number of aliphatic hydroxyl groups excluding tert-OH is 1. The van der Waals surface area contributed by atoms with Crippen molar-refractivity contribution in [1.82, 2.24) is 4.98 Å². The molecule has 0 unspecified atom stereocenters. The maximum Gasteiger partial charge on any atom is 0.311 e. The zero-order valence-corrected chi connectivity index (χ0v) is 12.6. The quantitative estimate of drug-likeness (QED) is 0.614. The van der Waals surface area contributed by atoms with E-state index in [1.807, 2.05) is 32.9 Å². The zero-order valence-electron chi connectivity index (χ0n) is 12.6. The van der Waals surface area contributed by atoms with Crippen LogP contribution in [0.4, 0.5) is 0 Å². The van der Waals surface area contributed by atoms with E-state index in [1.54, 1.807) is 12.4 Å². The standard InChI is InChI=1S/C16H25NO3/c1-16(2,3)15(19)20-11-6-4-5-9-14(18)13-8-7-10-17-12-13/h7-8,10,12,14,18H,4-6,9,11H2,1-3H3/t14-/m0/s1. The first-order chi connectivity index (χ1) is 9.41. The number of hydrogen-bond acceptors (Lipinski definition) is 4. The van der Waals surface area contributed by atoms with Gasteiger partial charge in [0.05, 0.1) is 18.1 Å². The minimum atomic E-state index is -0.458. The number of ether oxygens (including phenoxy) is 1. The summed E-state index contributed by atoms with van der Waals surface area (Å²) in [6, 6.07) is 3.70. The van der Waals surface area contributed by atoms with Crippen molar-refractivity contribution in [2.75, 3.05) is 6.61 Å². The number of carbonyl (C=O) groups is 1. The molecule has 0 fully saturated rings. The molecule has 0 bridgehead atoms. The van der Waals surface area contributed by atoms with Crippen molar-refractivity contribution in [2.45, 2.75) is 52.6 Å². The van der Waals surface area contributed by atoms with Crippen LogP contribution in [0.15, 0.2) is 24.5 Å². The Kier molecular flexibility index (Phi) is 6.65. The average molecular weight is 279 g/mol. The van der Waals surface area contributed by atoms with E-state index in [0.717, 1.165) is 24.8 Å². The van der Waals surface area contributed by atoms with Crippen LogP contribution in [-0.2, 0) is 9.53 Å². The van der Waals surface area contributed by atoms with E-state index in [4.69, 9.17) is 4.74 Å². The van der Waals surface area contributed by atoms with Crippen molar-refractivity contribution in [3.63, 3.8) is 0 Å². The number of aromatic nitrogens is 1. The van der Waals surface area contributed by atoms with Crippen LogP contribution >= 0.6 is 0 Å². The van der Waals surface area contributed by atoms with E-state index in [9.17, 15) is 9.90 Å². The fraction of sp³-hybridized carbons (Fsp3) is 0.625. The van der Waals surface area contributed by atoms with Crippen molar-refractivity contribution in [3.8, 4) is 0 Å². The van der Waals surface area contributed by atoms with E-state index in [2.05, 4.69) is 4.98 Å². The van der Waals surface area contributed by atoms with E-state index < -0.39 is 11.5 Å². The van der Waals surface area contributed by atoms with Crippen LogP contribution in [0.2, 0.25) is 0 Å². The first-order valence-corrected chi connectivity index (χ1v) is 7.16. The largest absolute Gasteiger partial charge is 0.465 e. The number of esters is 1. The normalized spacial score (nSPS) is 13.0. The van der Waals surface area contributed by atoms with Crippen LogP contribution in [0.1, 0.15) is 58.1 Å². The molecular weight excluding hydrogens is 254 g/mol. The highest BCUT2D eigenvalue weighted by Gasteiger charge is 2.22. The summed E-state index contributed by atoms with van der Waals surface area (Å²) in [4.78, 5) is 15.5. The molecule has 1 aromatic rings. The summed E-state index contributed by atoms with van der Waals surface area (Å²) < 4.78 is 5.19. The van der Waals surface area contributed by atoms with Crippen LogP contribution in [0.25, 0.3) is 0 Å². The second-order valence-electron chi connectivity index (χ2n) is 6.04. The molecule has 0 spiro atoms. The van der Waals surface area contributed by atoms with Crippen molar-refractivity contribution in [3.05, 3.63) is 30.1 Å². The van der Waals surface area contributed by atoms with Crippen LogP contribution in [0.5, 0.6) is 0 Å². The molecule has 1 N–H and O–H groups in total. The highest BCUT2D eigenvalue weighted by atomic mass is 16.5. The second kappa shape index (κ2) is 8.00. The van der Waals surface area contributed by atoms with Crippen molar-refractivity contribution < 1.29 is 14.6 Å². The minimum Gasteiger partial charge on any atom is -0.465 e. The van der Waals surface area contributed by atoms with Gasteiger partial charge in [0.15, 0.2) is 0 Å². The number of nitrogens with zero attached hydrogens (tertiary/aromatic N) is 1. The summed E-state index contributed by atoms with van der Waals surface area (Å²) in [6.07, 6.45) is 6.31. The Hall–Kier alpha value is -1.42. The van der Waals surface area contributed by atoms with Crippen LogP contribution in [0.3, 0.4) is 0 Å². The highest BCUT2D eigenvalue weighted by Crippen LogP contribution is 2.19.